The fraction of sp³-hybridized carbons (Fsp3) is 0. The molecule has 0 amide bonds. The van der Waals surface area contributed by atoms with E-state index in [1.165, 1.54) is 11.3 Å². The van der Waals surface area contributed by atoms with Crippen LogP contribution in [0, 0.1) is 11.3 Å². The van der Waals surface area contributed by atoms with Crippen LogP contribution in [-0.4, -0.2) is 6.29 Å². The fourth-order valence-corrected chi connectivity index (χ4v) is 2.47. The van der Waals surface area contributed by atoms with E-state index in [2.05, 4.69) is 6.07 Å². The van der Waals surface area contributed by atoms with Crippen molar-refractivity contribution >= 4 is 39.3 Å². The van der Waals surface area contributed by atoms with E-state index in [1.54, 1.807) is 18.2 Å². The smallest absolute Gasteiger partial charge is 0.151 e. The van der Waals surface area contributed by atoms with Gasteiger partial charge in [-0.1, -0.05) is 17.7 Å². The second kappa shape index (κ2) is 3.41. The van der Waals surface area contributed by atoms with Crippen molar-refractivity contribution in [3.05, 3.63) is 33.7 Å². The van der Waals surface area contributed by atoms with Gasteiger partial charge >= 0.3 is 0 Å². The van der Waals surface area contributed by atoms with Gasteiger partial charge in [0.15, 0.2) is 6.29 Å². The Hall–Kier alpha value is -1.37. The van der Waals surface area contributed by atoms with Gasteiger partial charge in [-0.05, 0) is 17.5 Å². The van der Waals surface area contributed by atoms with Crippen molar-refractivity contribution in [2.45, 2.75) is 0 Å². The van der Waals surface area contributed by atoms with Crippen molar-refractivity contribution in [2.75, 3.05) is 0 Å². The van der Waals surface area contributed by atoms with Gasteiger partial charge in [-0.25, -0.2) is 0 Å². The number of halogens is 1. The van der Waals surface area contributed by atoms with Gasteiger partial charge in [0, 0.05) is 5.56 Å². The third-order valence-corrected chi connectivity index (χ3v) is 3.49. The molecule has 1 heterocycles. The molecule has 2 aromatic rings. The fourth-order valence-electron chi connectivity index (χ4n) is 1.23. The molecular formula is C10H4ClNOS. The van der Waals surface area contributed by atoms with E-state index < -0.39 is 0 Å². The van der Waals surface area contributed by atoms with Crippen LogP contribution in [-0.2, 0) is 0 Å². The largest absolute Gasteiger partial charge is 0.298 e. The number of nitrogens with zero attached hydrogens (tertiary/aromatic N) is 1. The summed E-state index contributed by atoms with van der Waals surface area (Å²) < 4.78 is 0.799. The number of benzene rings is 1. The molecule has 0 saturated heterocycles. The molecule has 0 atom stereocenters. The van der Waals surface area contributed by atoms with Gasteiger partial charge in [-0.3, -0.25) is 4.79 Å². The maximum absolute atomic E-state index is 10.6. The van der Waals surface area contributed by atoms with Crippen molar-refractivity contribution in [2.24, 2.45) is 0 Å². The average molecular weight is 222 g/mol. The van der Waals surface area contributed by atoms with Gasteiger partial charge in [0.2, 0.25) is 0 Å². The number of hydrogen-bond acceptors (Lipinski definition) is 3. The summed E-state index contributed by atoms with van der Waals surface area (Å²) in [7, 11) is 0. The van der Waals surface area contributed by atoms with Crippen LogP contribution in [0.5, 0.6) is 0 Å². The quantitative estimate of drug-likeness (QED) is 0.694. The lowest BCUT2D eigenvalue weighted by molar-refractivity contribution is 0.112. The summed E-state index contributed by atoms with van der Waals surface area (Å²) in [5.74, 6) is 0. The predicted molar refractivity (Wildman–Crippen MR) is 56.9 cm³/mol. The molecule has 0 N–H and O–H groups in total. The average Bonchev–Trinajstić information content (AvgIpc) is 2.62. The van der Waals surface area contributed by atoms with Crippen LogP contribution in [0.25, 0.3) is 10.1 Å². The monoisotopic (exact) mass is 221 g/mol. The van der Waals surface area contributed by atoms with Crippen molar-refractivity contribution in [3.8, 4) is 6.07 Å². The van der Waals surface area contributed by atoms with E-state index in [1.807, 2.05) is 0 Å². The predicted octanol–water partition coefficient (Wildman–Crippen LogP) is 3.24. The van der Waals surface area contributed by atoms with Gasteiger partial charge in [0.1, 0.15) is 10.9 Å². The SMILES string of the molecule is N#Cc1cc2ccc(C=O)c(Cl)c2s1. The molecule has 68 valence electrons. The zero-order chi connectivity index (χ0) is 10.1. The summed E-state index contributed by atoms with van der Waals surface area (Å²) >= 11 is 7.28. The van der Waals surface area contributed by atoms with E-state index in [0.29, 0.717) is 21.7 Å². The zero-order valence-corrected chi connectivity index (χ0v) is 8.52. The topological polar surface area (TPSA) is 40.9 Å². The Balaban J connectivity index is 2.83. The summed E-state index contributed by atoms with van der Waals surface area (Å²) in [6.07, 6.45) is 0.716. The van der Waals surface area contributed by atoms with Gasteiger partial charge in [-0.2, -0.15) is 5.26 Å². The first-order valence-corrected chi connectivity index (χ1v) is 5.03. The molecule has 2 rings (SSSR count). The molecule has 0 unspecified atom stereocenters. The summed E-state index contributed by atoms with van der Waals surface area (Å²) in [4.78, 5) is 11.2. The van der Waals surface area contributed by atoms with Crippen molar-refractivity contribution in [1.82, 2.24) is 0 Å². The molecular weight excluding hydrogens is 218 g/mol. The van der Waals surface area contributed by atoms with E-state index >= 15 is 0 Å². The van der Waals surface area contributed by atoms with Crippen LogP contribution in [0.2, 0.25) is 5.02 Å². The highest BCUT2D eigenvalue weighted by Gasteiger charge is 2.08. The highest BCUT2D eigenvalue weighted by atomic mass is 35.5. The van der Waals surface area contributed by atoms with E-state index in [4.69, 9.17) is 16.9 Å². The Morgan fingerprint density at radius 1 is 1.50 bits per heavy atom. The molecule has 0 aliphatic heterocycles. The summed E-state index contributed by atoms with van der Waals surface area (Å²) in [5.41, 5.74) is 0.463. The summed E-state index contributed by atoms with van der Waals surface area (Å²) in [6.45, 7) is 0. The number of rotatable bonds is 1. The molecule has 0 spiro atoms. The number of fused-ring (bicyclic) bond motifs is 1. The van der Waals surface area contributed by atoms with Crippen LogP contribution in [0.1, 0.15) is 15.2 Å². The van der Waals surface area contributed by atoms with Crippen molar-refractivity contribution < 1.29 is 4.79 Å². The van der Waals surface area contributed by atoms with Gasteiger partial charge < -0.3 is 0 Å². The lowest BCUT2D eigenvalue weighted by Crippen LogP contribution is -1.79. The first kappa shape index (κ1) is 9.20. The molecule has 0 aliphatic rings. The van der Waals surface area contributed by atoms with E-state index in [0.717, 1.165) is 10.1 Å². The normalized spacial score (nSPS) is 10.0. The van der Waals surface area contributed by atoms with Crippen LogP contribution in [0.15, 0.2) is 18.2 Å². The standard InChI is InChI=1S/C10H4ClNOS/c11-9-7(5-13)2-1-6-3-8(4-12)14-10(6)9/h1-3,5H. The van der Waals surface area contributed by atoms with E-state index in [-0.39, 0.29) is 0 Å². The van der Waals surface area contributed by atoms with Gasteiger partial charge in [0.25, 0.3) is 0 Å². The number of nitriles is 1. The Labute approximate surface area is 89.3 Å². The lowest BCUT2D eigenvalue weighted by Gasteiger charge is -1.95. The third-order valence-electron chi connectivity index (χ3n) is 1.89. The highest BCUT2D eigenvalue weighted by molar-refractivity contribution is 7.20. The molecule has 0 bridgehead atoms. The Morgan fingerprint density at radius 3 is 2.93 bits per heavy atom. The number of hydrogen-bond donors (Lipinski definition) is 0. The molecule has 0 fully saturated rings. The number of thiophene rings is 1. The minimum atomic E-state index is 0.434. The molecule has 1 aromatic carbocycles. The molecule has 4 heteroatoms. The Bertz CT molecular complexity index is 553. The molecule has 0 aliphatic carbocycles. The maximum atomic E-state index is 10.6. The van der Waals surface area contributed by atoms with E-state index in [9.17, 15) is 4.79 Å². The van der Waals surface area contributed by atoms with Gasteiger partial charge in [0.05, 0.1) is 9.72 Å². The van der Waals surface area contributed by atoms with Crippen molar-refractivity contribution in [3.63, 3.8) is 0 Å². The molecule has 0 saturated carbocycles. The van der Waals surface area contributed by atoms with Crippen LogP contribution in [0.4, 0.5) is 0 Å². The molecule has 2 nitrogen and oxygen atoms in total. The lowest BCUT2D eigenvalue weighted by atomic mass is 10.2. The first-order valence-electron chi connectivity index (χ1n) is 3.83. The minimum absolute atomic E-state index is 0.434. The minimum Gasteiger partial charge on any atom is -0.298 e. The van der Waals surface area contributed by atoms with Crippen LogP contribution in [0.3, 0.4) is 0 Å². The molecule has 1 aromatic heterocycles. The second-order valence-electron chi connectivity index (χ2n) is 2.73. The summed E-state index contributed by atoms with van der Waals surface area (Å²) in [6, 6.07) is 7.27. The zero-order valence-electron chi connectivity index (χ0n) is 6.95. The van der Waals surface area contributed by atoms with Crippen molar-refractivity contribution in [1.29, 1.82) is 5.26 Å². The third kappa shape index (κ3) is 1.29. The number of aldehydes is 1. The van der Waals surface area contributed by atoms with Crippen LogP contribution >= 0.6 is 22.9 Å². The molecule has 14 heavy (non-hydrogen) atoms. The second-order valence-corrected chi connectivity index (χ2v) is 4.16. The molecule has 0 radical (unpaired) electrons. The number of carbonyl (C=O) groups is 1. The first-order chi connectivity index (χ1) is 6.76. The Kier molecular flexibility index (Phi) is 2.24. The Morgan fingerprint density at radius 2 is 2.29 bits per heavy atom. The number of carbonyl (C=O) groups excluding carboxylic acids is 1. The summed E-state index contributed by atoms with van der Waals surface area (Å²) in [5, 5.41) is 10.0. The maximum Gasteiger partial charge on any atom is 0.151 e. The van der Waals surface area contributed by atoms with Gasteiger partial charge in [-0.15, -0.1) is 11.3 Å². The van der Waals surface area contributed by atoms with Crippen LogP contribution < -0.4 is 0 Å². The highest BCUT2D eigenvalue weighted by Crippen LogP contribution is 2.33.